The number of pyridine rings is 1. The zero-order valence-electron chi connectivity index (χ0n) is 17.4. The molecule has 1 aliphatic heterocycles. The number of anilines is 1. The van der Waals surface area contributed by atoms with Crippen LogP contribution in [0.4, 0.5) is 23.2 Å². The van der Waals surface area contributed by atoms with Crippen molar-refractivity contribution in [3.63, 3.8) is 0 Å². The Hall–Kier alpha value is -3.46. The molecule has 33 heavy (non-hydrogen) atoms. The highest BCUT2D eigenvalue weighted by atomic mass is 19.4. The summed E-state index contributed by atoms with van der Waals surface area (Å²) in [5, 5.41) is 10.1. The summed E-state index contributed by atoms with van der Waals surface area (Å²) >= 11 is 0. The van der Waals surface area contributed by atoms with Crippen LogP contribution in [0, 0.1) is 5.82 Å². The molecule has 1 aliphatic rings. The van der Waals surface area contributed by atoms with Gasteiger partial charge in [0.25, 0.3) is 0 Å². The number of hydrogen-bond acceptors (Lipinski definition) is 4. The average molecular weight is 459 g/mol. The number of carbonyl (C=O) groups is 1. The molecule has 5 nitrogen and oxygen atoms in total. The Labute approximate surface area is 187 Å². The van der Waals surface area contributed by atoms with Crippen molar-refractivity contribution in [1.29, 1.82) is 0 Å². The average Bonchev–Trinajstić information content (AvgIpc) is 3.17. The molecule has 1 amide bonds. The number of hydrogen-bond donors (Lipinski definition) is 2. The van der Waals surface area contributed by atoms with Crippen LogP contribution in [-0.4, -0.2) is 29.1 Å². The minimum Gasteiger partial charge on any atom is -0.394 e. The van der Waals surface area contributed by atoms with Gasteiger partial charge in [0.15, 0.2) is 0 Å². The van der Waals surface area contributed by atoms with Crippen LogP contribution in [0.15, 0.2) is 54.7 Å². The number of fused-ring (bicyclic) bond motifs is 1. The van der Waals surface area contributed by atoms with Crippen molar-refractivity contribution in [2.45, 2.75) is 25.1 Å². The maximum atomic E-state index is 13.8. The van der Waals surface area contributed by atoms with Gasteiger partial charge in [-0.2, -0.15) is 13.2 Å². The topological polar surface area (TPSA) is 79.5 Å². The standard InChI is InChI=1S/C24H21F4N3O2/c25-17-10-15(9-16(12-17)24(26,27)28)8-14-4-6-30-20(11-14)22(13-32)31-7-5-18-19(23(29)33)2-1-3-21(18)31/h1-4,6,9-12,22,32H,5,7-8,13H2,(H2,29,33). The molecule has 0 saturated heterocycles. The first kappa shape index (κ1) is 22.7. The van der Waals surface area contributed by atoms with Crippen LogP contribution < -0.4 is 10.6 Å². The van der Waals surface area contributed by atoms with Crippen LogP contribution >= 0.6 is 0 Å². The summed E-state index contributed by atoms with van der Waals surface area (Å²) in [6.07, 6.45) is -2.49. The number of aromatic nitrogens is 1. The highest BCUT2D eigenvalue weighted by molar-refractivity contribution is 5.96. The monoisotopic (exact) mass is 459 g/mol. The summed E-state index contributed by atoms with van der Waals surface area (Å²) in [6, 6.07) is 10.5. The van der Waals surface area contributed by atoms with Crippen molar-refractivity contribution >= 4 is 11.6 Å². The summed E-state index contributed by atoms with van der Waals surface area (Å²) in [7, 11) is 0. The van der Waals surface area contributed by atoms with Gasteiger partial charge in [-0.15, -0.1) is 0 Å². The normalized spacial score (nSPS) is 14.3. The fourth-order valence-electron chi connectivity index (χ4n) is 4.30. The number of primary amides is 1. The number of aliphatic hydroxyl groups is 1. The molecule has 9 heteroatoms. The van der Waals surface area contributed by atoms with Gasteiger partial charge in [-0.25, -0.2) is 4.39 Å². The Kier molecular flexibility index (Phi) is 6.07. The second-order valence-electron chi connectivity index (χ2n) is 7.92. The molecule has 1 atom stereocenters. The Morgan fingerprint density at radius 3 is 2.64 bits per heavy atom. The van der Waals surface area contributed by atoms with Crippen LogP contribution in [0.2, 0.25) is 0 Å². The number of rotatable bonds is 6. The van der Waals surface area contributed by atoms with E-state index in [4.69, 9.17) is 5.73 Å². The number of aliphatic hydroxyl groups excluding tert-OH is 1. The van der Waals surface area contributed by atoms with E-state index in [2.05, 4.69) is 4.98 Å². The van der Waals surface area contributed by atoms with Gasteiger partial charge in [0.2, 0.25) is 5.91 Å². The van der Waals surface area contributed by atoms with Crippen LogP contribution in [0.1, 0.15) is 44.3 Å². The van der Waals surface area contributed by atoms with E-state index in [1.54, 1.807) is 24.3 Å². The van der Waals surface area contributed by atoms with Crippen LogP contribution in [0.5, 0.6) is 0 Å². The molecular weight excluding hydrogens is 438 g/mol. The van der Waals surface area contributed by atoms with Crippen molar-refractivity contribution in [1.82, 2.24) is 4.98 Å². The Morgan fingerprint density at radius 1 is 1.15 bits per heavy atom. The summed E-state index contributed by atoms with van der Waals surface area (Å²) in [5.74, 6) is -1.48. The molecule has 2 heterocycles. The molecule has 0 aliphatic carbocycles. The van der Waals surface area contributed by atoms with Crippen LogP contribution in [0.25, 0.3) is 0 Å². The number of nitrogens with two attached hydrogens (primary N) is 1. The number of nitrogens with zero attached hydrogens (tertiary/aromatic N) is 2. The quantitative estimate of drug-likeness (QED) is 0.546. The van der Waals surface area contributed by atoms with Crippen molar-refractivity contribution in [3.8, 4) is 0 Å². The lowest BCUT2D eigenvalue weighted by molar-refractivity contribution is -0.137. The predicted molar refractivity (Wildman–Crippen MR) is 114 cm³/mol. The van der Waals surface area contributed by atoms with Gasteiger partial charge in [-0.05, 0) is 72.0 Å². The van der Waals surface area contributed by atoms with Gasteiger partial charge in [-0.3, -0.25) is 9.78 Å². The molecule has 1 unspecified atom stereocenters. The van der Waals surface area contributed by atoms with Crippen molar-refractivity contribution in [2.24, 2.45) is 5.73 Å². The maximum absolute atomic E-state index is 13.8. The molecule has 0 bridgehead atoms. The zero-order valence-corrected chi connectivity index (χ0v) is 17.4. The Balaban J connectivity index is 1.63. The molecule has 2 aromatic carbocycles. The van der Waals surface area contributed by atoms with E-state index in [1.807, 2.05) is 11.0 Å². The van der Waals surface area contributed by atoms with Gasteiger partial charge in [-0.1, -0.05) is 6.07 Å². The van der Waals surface area contributed by atoms with Gasteiger partial charge in [0.1, 0.15) is 5.82 Å². The summed E-state index contributed by atoms with van der Waals surface area (Å²) < 4.78 is 52.9. The highest BCUT2D eigenvalue weighted by Crippen LogP contribution is 2.36. The molecule has 0 fully saturated rings. The van der Waals surface area contributed by atoms with Crippen LogP contribution in [0.3, 0.4) is 0 Å². The lowest BCUT2D eigenvalue weighted by atomic mass is 10.0. The summed E-state index contributed by atoms with van der Waals surface area (Å²) in [5.41, 5.74) is 7.76. The second-order valence-corrected chi connectivity index (χ2v) is 7.92. The van der Waals surface area contributed by atoms with Gasteiger partial charge in [0, 0.05) is 24.0 Å². The number of halogens is 4. The third kappa shape index (κ3) is 4.68. The lowest BCUT2D eigenvalue weighted by Gasteiger charge is -2.29. The van der Waals surface area contributed by atoms with Gasteiger partial charge in [0.05, 0.1) is 23.9 Å². The first-order valence-electron chi connectivity index (χ1n) is 10.3. The largest absolute Gasteiger partial charge is 0.416 e. The molecular formula is C24H21F4N3O2. The fourth-order valence-corrected chi connectivity index (χ4v) is 4.30. The van der Waals surface area contributed by atoms with E-state index in [9.17, 15) is 27.5 Å². The predicted octanol–water partition coefficient (Wildman–Crippen LogP) is 4.03. The minimum absolute atomic E-state index is 0.0664. The van der Waals surface area contributed by atoms with Crippen LogP contribution in [-0.2, 0) is 19.0 Å². The molecule has 3 aromatic rings. The number of alkyl halides is 3. The van der Waals surface area contributed by atoms with E-state index in [0.29, 0.717) is 35.9 Å². The SMILES string of the molecule is NC(=O)c1cccc2c1CCN2C(CO)c1cc(Cc2cc(F)cc(C(F)(F)F)c2)ccn1. The van der Waals surface area contributed by atoms with Gasteiger partial charge >= 0.3 is 6.18 Å². The van der Waals surface area contributed by atoms with Crippen molar-refractivity contribution in [2.75, 3.05) is 18.1 Å². The van der Waals surface area contributed by atoms with Crippen molar-refractivity contribution in [3.05, 3.63) is 94.1 Å². The molecule has 4 rings (SSSR count). The fraction of sp³-hybridized carbons (Fsp3) is 0.250. The van der Waals surface area contributed by atoms with Crippen molar-refractivity contribution < 1.29 is 27.5 Å². The van der Waals surface area contributed by atoms with E-state index in [1.165, 1.54) is 6.20 Å². The number of benzene rings is 2. The van der Waals surface area contributed by atoms with E-state index in [-0.39, 0.29) is 18.6 Å². The molecule has 3 N–H and O–H groups in total. The molecule has 172 valence electrons. The highest BCUT2D eigenvalue weighted by Gasteiger charge is 2.32. The van der Waals surface area contributed by atoms with E-state index >= 15 is 0 Å². The zero-order chi connectivity index (χ0) is 23.8. The van der Waals surface area contributed by atoms with E-state index < -0.39 is 29.5 Å². The van der Waals surface area contributed by atoms with Gasteiger partial charge < -0.3 is 15.7 Å². The first-order valence-corrected chi connectivity index (χ1v) is 10.3. The minimum atomic E-state index is -4.64. The Bertz CT molecular complexity index is 1200. The second kappa shape index (κ2) is 8.82. The molecule has 1 aromatic heterocycles. The molecule has 0 radical (unpaired) electrons. The number of carbonyl (C=O) groups excluding carboxylic acids is 1. The third-order valence-electron chi connectivity index (χ3n) is 5.76. The third-order valence-corrected chi connectivity index (χ3v) is 5.76. The summed E-state index contributed by atoms with van der Waals surface area (Å²) in [6.45, 7) is 0.268. The lowest BCUT2D eigenvalue weighted by Crippen LogP contribution is -2.30. The van der Waals surface area contributed by atoms with E-state index in [0.717, 1.165) is 23.4 Å². The molecule has 0 saturated carbocycles. The smallest absolute Gasteiger partial charge is 0.394 e. The maximum Gasteiger partial charge on any atom is 0.416 e. The summed E-state index contributed by atoms with van der Waals surface area (Å²) in [4.78, 5) is 18.0. The number of amides is 1. The first-order chi connectivity index (χ1) is 15.7. The molecule has 0 spiro atoms. The Morgan fingerprint density at radius 2 is 1.94 bits per heavy atom.